The first-order valence-corrected chi connectivity index (χ1v) is 4.87. The second-order valence-corrected chi connectivity index (χ2v) is 3.62. The molecule has 0 saturated heterocycles. The highest BCUT2D eigenvalue weighted by atomic mass is 16.5. The van der Waals surface area contributed by atoms with Gasteiger partial charge in [0.25, 0.3) is 0 Å². The molecule has 1 unspecified atom stereocenters. The van der Waals surface area contributed by atoms with E-state index in [1.165, 1.54) is 19.2 Å². The molecule has 0 amide bonds. The number of aromatic hydroxyl groups is 1. The van der Waals surface area contributed by atoms with E-state index in [0.717, 1.165) is 0 Å². The molecule has 1 atom stereocenters. The Hall–Kier alpha value is -1.75. The predicted molar refractivity (Wildman–Crippen MR) is 56.4 cm³/mol. The van der Waals surface area contributed by atoms with Gasteiger partial charge in [-0.15, -0.1) is 0 Å². The Bertz CT molecular complexity index is 432. The number of esters is 1. The number of fused-ring (bicyclic) bond motifs is 1. The first kappa shape index (κ1) is 10.8. The summed E-state index contributed by atoms with van der Waals surface area (Å²) in [5.74, 6) is 0.203. The number of likely N-dealkylation sites (N-methyl/N-ethyl adjacent to an activating group) is 1. The maximum absolute atomic E-state index is 11.8. The number of carbonyl (C=O) groups is 1. The minimum Gasteiger partial charge on any atom is -0.508 e. The maximum atomic E-state index is 11.8. The summed E-state index contributed by atoms with van der Waals surface area (Å²) < 4.78 is 10.2. The minimum absolute atomic E-state index is 0.107. The molecule has 0 bridgehead atoms. The second kappa shape index (κ2) is 3.68. The zero-order valence-corrected chi connectivity index (χ0v) is 9.11. The lowest BCUT2D eigenvalue weighted by molar-refractivity contribution is -0.149. The molecular formula is C11H13NO4. The second-order valence-electron chi connectivity index (χ2n) is 3.62. The van der Waals surface area contributed by atoms with Gasteiger partial charge in [-0.3, -0.25) is 5.32 Å². The van der Waals surface area contributed by atoms with Crippen molar-refractivity contribution in [2.24, 2.45) is 0 Å². The molecule has 16 heavy (non-hydrogen) atoms. The van der Waals surface area contributed by atoms with E-state index >= 15 is 0 Å². The van der Waals surface area contributed by atoms with Crippen LogP contribution in [0.3, 0.4) is 0 Å². The minimum atomic E-state index is -0.974. The quantitative estimate of drug-likeness (QED) is 0.709. The summed E-state index contributed by atoms with van der Waals surface area (Å²) in [6, 6.07) is 4.66. The van der Waals surface area contributed by atoms with Gasteiger partial charge in [-0.25, -0.2) is 4.79 Å². The van der Waals surface area contributed by atoms with Crippen molar-refractivity contribution >= 4 is 5.97 Å². The molecule has 1 aliphatic rings. The SMILES string of the molecule is CNC1(C(=O)OC)COc2cc(O)ccc21. The van der Waals surface area contributed by atoms with Crippen molar-refractivity contribution in [3.05, 3.63) is 23.8 Å². The molecule has 1 aromatic rings. The molecule has 2 N–H and O–H groups in total. The van der Waals surface area contributed by atoms with Crippen molar-refractivity contribution in [1.29, 1.82) is 0 Å². The Labute approximate surface area is 93.0 Å². The number of rotatable bonds is 2. The molecule has 5 heteroatoms. The number of nitrogens with one attached hydrogen (secondary N) is 1. The summed E-state index contributed by atoms with van der Waals surface area (Å²) in [5.41, 5.74) is -0.294. The fourth-order valence-electron chi connectivity index (χ4n) is 1.90. The number of benzene rings is 1. The first-order chi connectivity index (χ1) is 7.64. The Morgan fingerprint density at radius 2 is 2.38 bits per heavy atom. The number of phenols is 1. The number of ether oxygens (including phenoxy) is 2. The average molecular weight is 223 g/mol. The standard InChI is InChI=1S/C11H13NO4/c1-12-11(10(14)15-2)6-16-9-5-7(13)3-4-8(9)11/h3-5,12-13H,6H2,1-2H3. The zero-order chi connectivity index (χ0) is 11.8. The highest BCUT2D eigenvalue weighted by Crippen LogP contribution is 2.39. The van der Waals surface area contributed by atoms with Crippen molar-refractivity contribution in [2.75, 3.05) is 20.8 Å². The monoisotopic (exact) mass is 223 g/mol. The van der Waals surface area contributed by atoms with Gasteiger partial charge < -0.3 is 14.6 Å². The molecule has 1 heterocycles. The highest BCUT2D eigenvalue weighted by molar-refractivity contribution is 5.85. The Balaban J connectivity index is 2.51. The molecule has 5 nitrogen and oxygen atoms in total. The maximum Gasteiger partial charge on any atom is 0.334 e. The van der Waals surface area contributed by atoms with Crippen LogP contribution in [-0.4, -0.2) is 31.8 Å². The van der Waals surface area contributed by atoms with Crippen molar-refractivity contribution in [2.45, 2.75) is 5.54 Å². The third kappa shape index (κ3) is 1.32. The molecule has 0 spiro atoms. The number of hydrogen-bond donors (Lipinski definition) is 2. The first-order valence-electron chi connectivity index (χ1n) is 4.87. The van der Waals surface area contributed by atoms with Gasteiger partial charge in [0.1, 0.15) is 18.1 Å². The van der Waals surface area contributed by atoms with Gasteiger partial charge in [0.15, 0.2) is 5.54 Å². The van der Waals surface area contributed by atoms with E-state index in [9.17, 15) is 9.90 Å². The van der Waals surface area contributed by atoms with E-state index in [1.807, 2.05) is 0 Å². The highest BCUT2D eigenvalue weighted by Gasteiger charge is 2.47. The molecule has 0 fully saturated rings. The van der Waals surface area contributed by atoms with Gasteiger partial charge in [0.2, 0.25) is 0 Å². The van der Waals surface area contributed by atoms with Gasteiger partial charge in [-0.2, -0.15) is 0 Å². The third-order valence-electron chi connectivity index (χ3n) is 2.83. The number of carbonyl (C=O) groups excluding carboxylic acids is 1. The lowest BCUT2D eigenvalue weighted by atomic mass is 9.92. The Morgan fingerprint density at radius 3 is 3.00 bits per heavy atom. The summed E-state index contributed by atoms with van der Waals surface area (Å²) in [5, 5.41) is 12.2. The van der Waals surface area contributed by atoms with Gasteiger partial charge in [-0.1, -0.05) is 0 Å². The van der Waals surface area contributed by atoms with Crippen LogP contribution < -0.4 is 10.1 Å². The lowest BCUT2D eigenvalue weighted by Gasteiger charge is -2.23. The number of phenolic OH excluding ortho intramolecular Hbond substituents is 1. The Morgan fingerprint density at radius 1 is 1.62 bits per heavy atom. The molecule has 2 rings (SSSR count). The van der Waals surface area contributed by atoms with Crippen LogP contribution in [0.15, 0.2) is 18.2 Å². The van der Waals surface area contributed by atoms with E-state index in [1.54, 1.807) is 13.1 Å². The van der Waals surface area contributed by atoms with Crippen molar-refractivity contribution in [3.63, 3.8) is 0 Å². The van der Waals surface area contributed by atoms with Gasteiger partial charge >= 0.3 is 5.97 Å². The largest absolute Gasteiger partial charge is 0.508 e. The van der Waals surface area contributed by atoms with E-state index in [0.29, 0.717) is 11.3 Å². The van der Waals surface area contributed by atoms with Crippen LogP contribution in [0.5, 0.6) is 11.5 Å². The molecule has 1 aliphatic heterocycles. The average Bonchev–Trinajstić information content (AvgIpc) is 2.67. The van der Waals surface area contributed by atoms with Crippen LogP contribution in [0, 0.1) is 0 Å². The van der Waals surface area contributed by atoms with Crippen LogP contribution in [0.25, 0.3) is 0 Å². The fourth-order valence-corrected chi connectivity index (χ4v) is 1.90. The van der Waals surface area contributed by atoms with Crippen LogP contribution in [-0.2, 0) is 15.1 Å². The van der Waals surface area contributed by atoms with Crippen LogP contribution in [0.4, 0.5) is 0 Å². The number of methoxy groups -OCH3 is 1. The molecule has 86 valence electrons. The van der Waals surface area contributed by atoms with Crippen LogP contribution in [0.2, 0.25) is 0 Å². The normalized spacial score (nSPS) is 22.4. The zero-order valence-electron chi connectivity index (χ0n) is 9.11. The van der Waals surface area contributed by atoms with Gasteiger partial charge in [0, 0.05) is 11.6 Å². The van der Waals surface area contributed by atoms with Gasteiger partial charge in [-0.05, 0) is 19.2 Å². The van der Waals surface area contributed by atoms with E-state index in [-0.39, 0.29) is 12.4 Å². The summed E-state index contributed by atoms with van der Waals surface area (Å²) in [6.45, 7) is 0.162. The smallest absolute Gasteiger partial charge is 0.334 e. The topological polar surface area (TPSA) is 67.8 Å². The molecule has 0 aliphatic carbocycles. The Kier molecular flexibility index (Phi) is 2.47. The van der Waals surface area contributed by atoms with Gasteiger partial charge in [0.05, 0.1) is 7.11 Å². The molecular weight excluding hydrogens is 210 g/mol. The number of hydrogen-bond acceptors (Lipinski definition) is 5. The fraction of sp³-hybridized carbons (Fsp3) is 0.364. The van der Waals surface area contributed by atoms with E-state index in [4.69, 9.17) is 9.47 Å². The van der Waals surface area contributed by atoms with Crippen molar-refractivity contribution in [3.8, 4) is 11.5 Å². The lowest BCUT2D eigenvalue weighted by Crippen LogP contribution is -2.49. The molecule has 1 aromatic carbocycles. The summed E-state index contributed by atoms with van der Waals surface area (Å²) >= 11 is 0. The summed E-state index contributed by atoms with van der Waals surface area (Å²) in [6.07, 6.45) is 0. The third-order valence-corrected chi connectivity index (χ3v) is 2.83. The predicted octanol–water partition coefficient (Wildman–Crippen LogP) is 0.372. The van der Waals surface area contributed by atoms with E-state index in [2.05, 4.69) is 5.32 Å². The van der Waals surface area contributed by atoms with Crippen molar-refractivity contribution in [1.82, 2.24) is 5.32 Å². The summed E-state index contributed by atoms with van der Waals surface area (Å²) in [7, 11) is 3.00. The van der Waals surface area contributed by atoms with Crippen LogP contribution >= 0.6 is 0 Å². The molecule has 0 radical (unpaired) electrons. The summed E-state index contributed by atoms with van der Waals surface area (Å²) in [4.78, 5) is 11.8. The van der Waals surface area contributed by atoms with Crippen molar-refractivity contribution < 1.29 is 19.4 Å². The molecule has 0 saturated carbocycles. The van der Waals surface area contributed by atoms with Crippen LogP contribution in [0.1, 0.15) is 5.56 Å². The van der Waals surface area contributed by atoms with E-state index < -0.39 is 11.5 Å². The molecule has 0 aromatic heterocycles.